The third-order valence-electron chi connectivity index (χ3n) is 3.49. The molecule has 1 saturated heterocycles. The zero-order chi connectivity index (χ0) is 9.68. The van der Waals surface area contributed by atoms with E-state index in [0.29, 0.717) is 0 Å². The van der Waals surface area contributed by atoms with Gasteiger partial charge in [-0.2, -0.15) is 0 Å². The van der Waals surface area contributed by atoms with Crippen molar-refractivity contribution in [2.24, 2.45) is 11.8 Å². The maximum Gasteiger partial charge on any atom is 0.000926 e. The molecule has 1 aliphatic heterocycles. The molecule has 0 aromatic rings. The molecule has 0 aromatic heterocycles. The highest BCUT2D eigenvalue weighted by molar-refractivity contribution is 4.81. The topological polar surface area (TPSA) is 3.24 Å². The first-order valence-corrected chi connectivity index (χ1v) is 6.05. The predicted octanol–water partition coefficient (Wildman–Crippen LogP) is 3.15. The van der Waals surface area contributed by atoms with Gasteiger partial charge in [0.05, 0.1) is 0 Å². The summed E-state index contributed by atoms with van der Waals surface area (Å²) >= 11 is 0. The van der Waals surface area contributed by atoms with Crippen LogP contribution >= 0.6 is 0 Å². The summed E-state index contributed by atoms with van der Waals surface area (Å²) in [6, 6.07) is 0. The number of likely N-dealkylation sites (tertiary alicyclic amines) is 1. The van der Waals surface area contributed by atoms with Gasteiger partial charge in [0.15, 0.2) is 0 Å². The Balaban J connectivity index is 0.000000396. The Morgan fingerprint density at radius 3 is 2.23 bits per heavy atom. The van der Waals surface area contributed by atoms with E-state index in [1.165, 1.54) is 45.2 Å². The van der Waals surface area contributed by atoms with Gasteiger partial charge in [-0.05, 0) is 38.3 Å². The normalized spacial score (nSPS) is 34.4. The maximum atomic E-state index is 2.51. The van der Waals surface area contributed by atoms with Crippen LogP contribution in [-0.2, 0) is 0 Å². The molecule has 1 heteroatoms. The van der Waals surface area contributed by atoms with Gasteiger partial charge >= 0.3 is 0 Å². The third kappa shape index (κ3) is 2.98. The van der Waals surface area contributed by atoms with E-state index in [9.17, 15) is 0 Å². The second kappa shape index (κ2) is 5.64. The Morgan fingerprint density at radius 1 is 0.923 bits per heavy atom. The van der Waals surface area contributed by atoms with Crippen molar-refractivity contribution in [2.75, 3.05) is 20.1 Å². The number of nitrogens with zero attached hydrogens (tertiary/aromatic N) is 1. The van der Waals surface area contributed by atoms with Crippen LogP contribution in [0.5, 0.6) is 0 Å². The molecule has 0 aromatic carbocycles. The summed E-state index contributed by atoms with van der Waals surface area (Å²) in [6.07, 6.45) is 7.51. The van der Waals surface area contributed by atoms with Crippen molar-refractivity contribution in [1.82, 2.24) is 4.90 Å². The van der Waals surface area contributed by atoms with Crippen LogP contribution in [0.3, 0.4) is 0 Å². The smallest absolute Gasteiger partial charge is 0.000926 e. The van der Waals surface area contributed by atoms with Crippen LogP contribution in [0, 0.1) is 11.8 Å². The van der Waals surface area contributed by atoms with E-state index < -0.39 is 0 Å². The molecule has 1 heterocycles. The van der Waals surface area contributed by atoms with Crippen molar-refractivity contribution in [1.29, 1.82) is 0 Å². The highest BCUT2D eigenvalue weighted by Gasteiger charge is 2.29. The zero-order valence-corrected chi connectivity index (χ0v) is 9.55. The van der Waals surface area contributed by atoms with Gasteiger partial charge in [0.1, 0.15) is 0 Å². The maximum absolute atomic E-state index is 2.51. The Hall–Kier alpha value is -0.0400. The molecule has 2 aliphatic rings. The fourth-order valence-corrected chi connectivity index (χ4v) is 2.78. The molecule has 0 spiro atoms. The van der Waals surface area contributed by atoms with Crippen LogP contribution in [0.1, 0.15) is 46.0 Å². The molecule has 0 bridgehead atoms. The Kier molecular flexibility index (Phi) is 4.79. The lowest BCUT2D eigenvalue weighted by atomic mass is 9.75. The highest BCUT2D eigenvalue weighted by atomic mass is 15.1. The average molecular weight is 183 g/mol. The first kappa shape index (κ1) is 11.0. The number of rotatable bonds is 0. The van der Waals surface area contributed by atoms with Crippen molar-refractivity contribution in [2.45, 2.75) is 46.0 Å². The van der Waals surface area contributed by atoms with Gasteiger partial charge in [-0.3, -0.25) is 0 Å². The van der Waals surface area contributed by atoms with E-state index in [4.69, 9.17) is 0 Å². The zero-order valence-electron chi connectivity index (χ0n) is 9.55. The lowest BCUT2D eigenvalue weighted by molar-refractivity contribution is 0.105. The fraction of sp³-hybridized carbons (Fsp3) is 1.00. The molecule has 1 nitrogen and oxygen atoms in total. The molecule has 78 valence electrons. The first-order chi connectivity index (χ1) is 6.36. The Labute approximate surface area is 83.5 Å². The van der Waals surface area contributed by atoms with Crippen molar-refractivity contribution in [3.63, 3.8) is 0 Å². The first-order valence-electron chi connectivity index (χ1n) is 6.05. The average Bonchev–Trinajstić information content (AvgIpc) is 2.21. The number of piperidine rings is 1. The number of fused-ring (bicyclic) bond motifs is 1. The van der Waals surface area contributed by atoms with Crippen molar-refractivity contribution < 1.29 is 0 Å². The van der Waals surface area contributed by atoms with Crippen LogP contribution in [0.4, 0.5) is 0 Å². The van der Waals surface area contributed by atoms with Crippen LogP contribution in [-0.4, -0.2) is 25.0 Å². The molecular formula is C12H25N. The van der Waals surface area contributed by atoms with E-state index in [0.717, 1.165) is 11.8 Å². The van der Waals surface area contributed by atoms with Crippen LogP contribution in [0.15, 0.2) is 0 Å². The monoisotopic (exact) mass is 183 g/mol. The molecule has 2 rings (SSSR count). The van der Waals surface area contributed by atoms with E-state index in [1.54, 1.807) is 0 Å². The minimum Gasteiger partial charge on any atom is -0.306 e. The Morgan fingerprint density at radius 2 is 1.54 bits per heavy atom. The SMILES string of the molecule is CC.CN1CC[C@H]2CCCC[C@H]2C1. The highest BCUT2D eigenvalue weighted by Crippen LogP contribution is 2.35. The molecule has 2 fully saturated rings. The summed E-state index contributed by atoms with van der Waals surface area (Å²) in [6.45, 7) is 6.73. The molecule has 0 amide bonds. The van der Waals surface area contributed by atoms with Gasteiger partial charge in [0.2, 0.25) is 0 Å². The molecule has 1 aliphatic carbocycles. The van der Waals surface area contributed by atoms with Crippen LogP contribution in [0.2, 0.25) is 0 Å². The third-order valence-corrected chi connectivity index (χ3v) is 3.49. The molecule has 0 unspecified atom stereocenters. The van der Waals surface area contributed by atoms with Crippen molar-refractivity contribution in [3.05, 3.63) is 0 Å². The summed E-state index contributed by atoms with van der Waals surface area (Å²) in [4.78, 5) is 2.51. The molecule has 1 saturated carbocycles. The van der Waals surface area contributed by atoms with Crippen LogP contribution in [0.25, 0.3) is 0 Å². The van der Waals surface area contributed by atoms with Crippen LogP contribution < -0.4 is 0 Å². The Bertz CT molecular complexity index is 133. The standard InChI is InChI=1S/C10H19N.C2H6/c1-11-7-6-9-4-2-3-5-10(9)8-11;1-2/h9-10H,2-8H2,1H3;1-2H3/t9-,10+;/m1./s1. The van der Waals surface area contributed by atoms with Gasteiger partial charge in [0, 0.05) is 6.54 Å². The second-order valence-corrected chi connectivity index (χ2v) is 4.36. The molecular weight excluding hydrogens is 158 g/mol. The molecule has 0 N–H and O–H groups in total. The van der Waals surface area contributed by atoms with E-state index in [-0.39, 0.29) is 0 Å². The summed E-state index contributed by atoms with van der Waals surface area (Å²) in [5.74, 6) is 2.16. The summed E-state index contributed by atoms with van der Waals surface area (Å²) < 4.78 is 0. The number of hydrogen-bond donors (Lipinski definition) is 0. The minimum absolute atomic E-state index is 1.06. The van der Waals surface area contributed by atoms with Gasteiger partial charge in [0.25, 0.3) is 0 Å². The molecule has 13 heavy (non-hydrogen) atoms. The van der Waals surface area contributed by atoms with E-state index >= 15 is 0 Å². The second-order valence-electron chi connectivity index (χ2n) is 4.36. The van der Waals surface area contributed by atoms with Crippen molar-refractivity contribution >= 4 is 0 Å². The van der Waals surface area contributed by atoms with Gasteiger partial charge < -0.3 is 4.90 Å². The summed E-state index contributed by atoms with van der Waals surface area (Å²) in [5.41, 5.74) is 0. The molecule has 2 atom stereocenters. The lowest BCUT2D eigenvalue weighted by Gasteiger charge is -2.39. The minimum atomic E-state index is 1.06. The van der Waals surface area contributed by atoms with Gasteiger partial charge in [-0.15, -0.1) is 0 Å². The van der Waals surface area contributed by atoms with Gasteiger partial charge in [-0.1, -0.05) is 33.1 Å². The quantitative estimate of drug-likeness (QED) is 0.557. The van der Waals surface area contributed by atoms with E-state index in [2.05, 4.69) is 11.9 Å². The molecule has 0 radical (unpaired) electrons. The fourth-order valence-electron chi connectivity index (χ4n) is 2.78. The summed E-state index contributed by atoms with van der Waals surface area (Å²) in [7, 11) is 2.27. The summed E-state index contributed by atoms with van der Waals surface area (Å²) in [5, 5.41) is 0. The number of hydrogen-bond acceptors (Lipinski definition) is 1. The van der Waals surface area contributed by atoms with Gasteiger partial charge in [-0.25, -0.2) is 0 Å². The lowest BCUT2D eigenvalue weighted by Crippen LogP contribution is -2.39. The van der Waals surface area contributed by atoms with Crippen molar-refractivity contribution in [3.8, 4) is 0 Å². The van der Waals surface area contributed by atoms with E-state index in [1.807, 2.05) is 13.8 Å². The largest absolute Gasteiger partial charge is 0.306 e. The predicted molar refractivity (Wildman–Crippen MR) is 58.9 cm³/mol.